The molecule has 1 N–H and O–H groups in total. The van der Waals surface area contributed by atoms with Gasteiger partial charge in [-0.3, -0.25) is 4.79 Å². The predicted octanol–water partition coefficient (Wildman–Crippen LogP) is 0.869. The zero-order valence-electron chi connectivity index (χ0n) is 10.4. The normalized spacial score (nSPS) is 10.7. The minimum atomic E-state index is 0.140. The van der Waals surface area contributed by atoms with E-state index in [4.69, 9.17) is 4.74 Å². The van der Waals surface area contributed by atoms with E-state index in [-0.39, 0.29) is 11.9 Å². The predicted molar refractivity (Wildman–Crippen MR) is 61.9 cm³/mol. The third-order valence-corrected chi connectivity index (χ3v) is 2.29. The van der Waals surface area contributed by atoms with Crippen LogP contribution in [-0.2, 0) is 9.53 Å². The van der Waals surface area contributed by atoms with E-state index in [9.17, 15) is 4.79 Å². The van der Waals surface area contributed by atoms with Crippen LogP contribution in [0.4, 0.5) is 0 Å². The van der Waals surface area contributed by atoms with Gasteiger partial charge in [-0.15, -0.1) is 0 Å². The highest BCUT2D eigenvalue weighted by molar-refractivity contribution is 5.78. The summed E-state index contributed by atoms with van der Waals surface area (Å²) in [5.74, 6) is 0.140. The van der Waals surface area contributed by atoms with Gasteiger partial charge < -0.3 is 15.0 Å². The molecule has 0 saturated carbocycles. The molecule has 0 heterocycles. The molecule has 0 aliphatic carbocycles. The summed E-state index contributed by atoms with van der Waals surface area (Å²) in [4.78, 5) is 13.3. The van der Waals surface area contributed by atoms with Crippen molar-refractivity contribution in [3.05, 3.63) is 0 Å². The quantitative estimate of drug-likeness (QED) is 0.612. The molecular weight excluding hydrogens is 192 g/mol. The summed E-state index contributed by atoms with van der Waals surface area (Å²) in [6.07, 6.45) is 0.951. The number of ether oxygens (including phenoxy) is 1. The van der Waals surface area contributed by atoms with Crippen LogP contribution in [0.3, 0.4) is 0 Å². The van der Waals surface area contributed by atoms with Gasteiger partial charge in [0.25, 0.3) is 0 Å². The van der Waals surface area contributed by atoms with Gasteiger partial charge >= 0.3 is 0 Å². The number of rotatable bonds is 8. The Hall–Kier alpha value is -0.610. The van der Waals surface area contributed by atoms with Crippen molar-refractivity contribution in [1.82, 2.24) is 10.2 Å². The summed E-state index contributed by atoms with van der Waals surface area (Å²) in [5.41, 5.74) is 0. The maximum absolute atomic E-state index is 11.5. The van der Waals surface area contributed by atoms with E-state index in [0.29, 0.717) is 6.54 Å². The van der Waals surface area contributed by atoms with Gasteiger partial charge in [0.15, 0.2) is 0 Å². The fourth-order valence-corrected chi connectivity index (χ4v) is 1.05. The molecule has 0 aromatic rings. The highest BCUT2D eigenvalue weighted by Crippen LogP contribution is 1.93. The summed E-state index contributed by atoms with van der Waals surface area (Å²) < 4.78 is 5.19. The first kappa shape index (κ1) is 14.4. The number of likely N-dealkylation sites (N-methyl/N-ethyl adjacent to an activating group) is 1. The van der Waals surface area contributed by atoms with Gasteiger partial charge in [0.05, 0.1) is 6.54 Å². The molecule has 0 rings (SSSR count). The van der Waals surface area contributed by atoms with E-state index in [1.54, 1.807) is 4.90 Å². The summed E-state index contributed by atoms with van der Waals surface area (Å²) in [5, 5.41) is 3.11. The molecule has 4 heteroatoms. The highest BCUT2D eigenvalue weighted by Gasteiger charge is 2.10. The topological polar surface area (TPSA) is 41.6 Å². The Morgan fingerprint density at radius 1 is 1.47 bits per heavy atom. The molecule has 15 heavy (non-hydrogen) atoms. The number of nitrogens with one attached hydrogen (secondary N) is 1. The van der Waals surface area contributed by atoms with Crippen LogP contribution in [0.5, 0.6) is 0 Å². The average molecular weight is 216 g/mol. The lowest BCUT2D eigenvalue weighted by Gasteiger charge is -2.21. The number of hydrogen-bond donors (Lipinski definition) is 1. The first-order valence-corrected chi connectivity index (χ1v) is 5.63. The van der Waals surface area contributed by atoms with E-state index in [2.05, 4.69) is 5.32 Å². The average Bonchev–Trinajstić information content (AvgIpc) is 2.21. The van der Waals surface area contributed by atoms with Gasteiger partial charge in [-0.25, -0.2) is 0 Å². The summed E-state index contributed by atoms with van der Waals surface area (Å²) >= 11 is 0. The molecule has 0 spiro atoms. The van der Waals surface area contributed by atoms with E-state index in [1.165, 1.54) is 0 Å². The Morgan fingerprint density at radius 3 is 2.67 bits per heavy atom. The van der Waals surface area contributed by atoms with Gasteiger partial charge in [0, 0.05) is 26.3 Å². The molecule has 0 radical (unpaired) electrons. The summed E-state index contributed by atoms with van der Waals surface area (Å²) in [6.45, 7) is 8.76. The third-order valence-electron chi connectivity index (χ3n) is 2.29. The van der Waals surface area contributed by atoms with Crippen LogP contribution >= 0.6 is 0 Å². The maximum Gasteiger partial charge on any atom is 0.236 e. The summed E-state index contributed by atoms with van der Waals surface area (Å²) in [6, 6.07) is 0.266. The highest BCUT2D eigenvalue weighted by atomic mass is 16.5. The van der Waals surface area contributed by atoms with Crippen LogP contribution in [0.15, 0.2) is 0 Å². The van der Waals surface area contributed by atoms with Gasteiger partial charge in [-0.2, -0.15) is 0 Å². The van der Waals surface area contributed by atoms with Crippen molar-refractivity contribution in [3.63, 3.8) is 0 Å². The summed E-state index contributed by atoms with van der Waals surface area (Å²) in [7, 11) is 1.83. The number of amides is 1. The van der Waals surface area contributed by atoms with Gasteiger partial charge in [0.2, 0.25) is 5.91 Å². The minimum Gasteiger partial charge on any atom is -0.382 e. The number of carbonyl (C=O) groups excluding carboxylic acids is 1. The van der Waals surface area contributed by atoms with Crippen molar-refractivity contribution in [2.45, 2.75) is 33.2 Å². The minimum absolute atomic E-state index is 0.140. The van der Waals surface area contributed by atoms with Crippen molar-refractivity contribution in [3.8, 4) is 0 Å². The first-order valence-electron chi connectivity index (χ1n) is 5.63. The molecule has 0 aliphatic rings. The van der Waals surface area contributed by atoms with Crippen molar-refractivity contribution >= 4 is 5.91 Å². The smallest absolute Gasteiger partial charge is 0.236 e. The van der Waals surface area contributed by atoms with Crippen LogP contribution in [0.2, 0.25) is 0 Å². The van der Waals surface area contributed by atoms with E-state index in [1.807, 2.05) is 27.8 Å². The van der Waals surface area contributed by atoms with E-state index >= 15 is 0 Å². The second kappa shape index (κ2) is 8.68. The fraction of sp³-hybridized carbons (Fsp3) is 0.909. The monoisotopic (exact) mass is 216 g/mol. The second-order valence-corrected chi connectivity index (χ2v) is 3.83. The number of carbonyl (C=O) groups is 1. The lowest BCUT2D eigenvalue weighted by atomic mass is 10.3. The number of hydrogen-bond acceptors (Lipinski definition) is 3. The van der Waals surface area contributed by atoms with Crippen LogP contribution < -0.4 is 5.32 Å². The zero-order chi connectivity index (χ0) is 11.7. The number of nitrogens with zero attached hydrogens (tertiary/aromatic N) is 1. The van der Waals surface area contributed by atoms with Crippen molar-refractivity contribution in [2.24, 2.45) is 0 Å². The lowest BCUT2D eigenvalue weighted by molar-refractivity contribution is -0.130. The SMILES string of the molecule is CCOCCCNCC(=O)N(C)C(C)C. The Kier molecular flexibility index (Phi) is 8.33. The molecule has 0 unspecified atom stereocenters. The molecule has 4 nitrogen and oxygen atoms in total. The molecule has 0 saturated heterocycles. The zero-order valence-corrected chi connectivity index (χ0v) is 10.4. The van der Waals surface area contributed by atoms with Gasteiger partial charge in [-0.1, -0.05) is 0 Å². The van der Waals surface area contributed by atoms with Crippen LogP contribution in [0.1, 0.15) is 27.2 Å². The van der Waals surface area contributed by atoms with Crippen molar-refractivity contribution < 1.29 is 9.53 Å². The van der Waals surface area contributed by atoms with E-state index < -0.39 is 0 Å². The molecule has 0 aliphatic heterocycles. The molecule has 90 valence electrons. The Balaban J connectivity index is 3.39. The molecule has 1 amide bonds. The molecule has 0 atom stereocenters. The standard InChI is InChI=1S/C11H24N2O2/c1-5-15-8-6-7-12-9-11(14)13(4)10(2)3/h10,12H,5-9H2,1-4H3. The van der Waals surface area contributed by atoms with Gasteiger partial charge in [0.1, 0.15) is 0 Å². The first-order chi connectivity index (χ1) is 7.09. The lowest BCUT2D eigenvalue weighted by Crippen LogP contribution is -2.39. The van der Waals surface area contributed by atoms with Crippen LogP contribution in [0.25, 0.3) is 0 Å². The Bertz CT molecular complexity index is 172. The Labute approximate surface area is 93.0 Å². The van der Waals surface area contributed by atoms with E-state index in [0.717, 1.165) is 26.2 Å². The van der Waals surface area contributed by atoms with Crippen LogP contribution in [0, 0.1) is 0 Å². The second-order valence-electron chi connectivity index (χ2n) is 3.83. The molecule has 0 fully saturated rings. The Morgan fingerprint density at radius 2 is 2.13 bits per heavy atom. The van der Waals surface area contributed by atoms with Crippen LogP contribution in [-0.4, -0.2) is 50.2 Å². The molecular formula is C11H24N2O2. The third kappa shape index (κ3) is 7.33. The maximum atomic E-state index is 11.5. The van der Waals surface area contributed by atoms with Gasteiger partial charge in [-0.05, 0) is 33.7 Å². The van der Waals surface area contributed by atoms with Crippen molar-refractivity contribution in [1.29, 1.82) is 0 Å². The molecule has 0 aromatic carbocycles. The fourth-order valence-electron chi connectivity index (χ4n) is 1.05. The molecule has 0 aromatic heterocycles. The largest absolute Gasteiger partial charge is 0.382 e. The van der Waals surface area contributed by atoms with Crippen molar-refractivity contribution in [2.75, 3.05) is 33.4 Å². The molecule has 0 bridgehead atoms.